The van der Waals surface area contributed by atoms with E-state index in [0.717, 1.165) is 285 Å². The Labute approximate surface area is 804 Å². The first kappa shape index (κ1) is 101. The summed E-state index contributed by atoms with van der Waals surface area (Å²) in [6.45, 7) is 46.9. The van der Waals surface area contributed by atoms with Crippen molar-refractivity contribution in [3.05, 3.63) is 220 Å². The molecule has 6 N–H and O–H groups in total. The van der Waals surface area contributed by atoms with Crippen molar-refractivity contribution < 1.29 is 28.5 Å². The molecule has 0 atom stereocenters. The highest BCUT2D eigenvalue weighted by Gasteiger charge is 2.27. The zero-order valence-electron chi connectivity index (χ0n) is 82.5. The van der Waals surface area contributed by atoms with Gasteiger partial charge < -0.3 is 90.6 Å². The van der Waals surface area contributed by atoms with Crippen LogP contribution in [0.25, 0.3) is 77.2 Å². The second-order valence-corrected chi connectivity index (χ2v) is 36.7. The molecule has 14 aromatic heterocycles. The lowest BCUT2D eigenvalue weighted by atomic mass is 9.89. The number of hydrogen-bond donors (Lipinski definition) is 6. The van der Waals surface area contributed by atoms with Crippen LogP contribution < -0.4 is 38.1 Å². The first-order chi connectivity index (χ1) is 66.5. The number of carbonyl (C=O) groups is 2. The molecular formula is C100H132ClN25O12. The van der Waals surface area contributed by atoms with E-state index in [2.05, 4.69) is 135 Å². The number of benzene rings is 1. The predicted octanol–water partition coefficient (Wildman–Crippen LogP) is 11.7. The number of ether oxygens (including phenoxy) is 4. The number of rotatable bonds is 22. The second kappa shape index (κ2) is 46.1. The molecular weight excluding hydrogens is 1780 g/mol. The molecule has 0 radical (unpaired) electrons. The summed E-state index contributed by atoms with van der Waals surface area (Å²) >= 11 is 6.19. The normalized spacial score (nSPS) is 14.9. The Hall–Kier alpha value is -12.8. The molecule has 20 rings (SSSR count). The van der Waals surface area contributed by atoms with Gasteiger partial charge in [0, 0.05) is 171 Å². The van der Waals surface area contributed by atoms with Crippen LogP contribution in [0.15, 0.2) is 97.3 Å². The number of nitrogens with one attached hydrogen (secondary N) is 6. The van der Waals surface area contributed by atoms with Crippen molar-refractivity contribution in [2.45, 2.75) is 213 Å². The molecule has 15 aromatic rings. The summed E-state index contributed by atoms with van der Waals surface area (Å²) in [5.74, 6) is 2.10. The lowest BCUT2D eigenvalue weighted by Gasteiger charge is -2.26. The minimum Gasteiger partial charge on any atom is -0.497 e. The minimum absolute atomic E-state index is 0.0204. The number of aryl methyl sites for hydroxylation is 9. The molecule has 1 saturated carbocycles. The summed E-state index contributed by atoms with van der Waals surface area (Å²) in [6.07, 6.45) is 22.1. The van der Waals surface area contributed by atoms with Crippen LogP contribution in [0.3, 0.4) is 0 Å². The van der Waals surface area contributed by atoms with E-state index in [4.69, 9.17) is 30.5 Å². The van der Waals surface area contributed by atoms with Gasteiger partial charge >= 0.3 is 0 Å². The number of aromatic nitrogens is 21. The fraction of sp³-hybridized carbons (Fsp3) is 0.500. The predicted molar refractivity (Wildman–Crippen MR) is 537 cm³/mol. The quantitative estimate of drug-likeness (QED) is 0.0343. The van der Waals surface area contributed by atoms with E-state index in [9.17, 15) is 38.4 Å². The van der Waals surface area contributed by atoms with Crippen molar-refractivity contribution in [2.75, 3.05) is 113 Å². The SMILES string of the molecule is COCCn1c(C)c(C)c2c(=O)[nH]cnc21.COc1cccc(Cn2c(C)c(C)c3c(=O)[nH]cnc32)c1.Cc1c(C)n(CC2CCCCC2)c2nc[nH]c(=O)c12.Cc1c(C)n(CCCN2CCCC2=O)c2nc[nH]c(=O)c12.Cc1c(C)n(CCCN2CCCC2=O)c2ncnc(Cl)c12.Cc1c(C)n(CCN2CCOCC2)c2nc[nH]c(=O)c12.Cc1c(C)n(CCN2CCOCC2)c2nc[nH]c(=O)c12. The van der Waals surface area contributed by atoms with Gasteiger partial charge in [-0.05, 0) is 198 Å². The molecule has 18 heterocycles. The molecule has 38 heteroatoms. The second-order valence-electron chi connectivity index (χ2n) is 36.3. The fourth-order valence-corrected chi connectivity index (χ4v) is 19.9. The van der Waals surface area contributed by atoms with Crippen molar-refractivity contribution >= 4 is 101 Å². The fourth-order valence-electron chi connectivity index (χ4n) is 19.7. The molecule has 4 saturated heterocycles. The highest BCUT2D eigenvalue weighted by Crippen LogP contribution is 2.33. The van der Waals surface area contributed by atoms with Gasteiger partial charge in [0.15, 0.2) is 0 Å². The number of likely N-dealkylation sites (tertiary alicyclic amines) is 2. The van der Waals surface area contributed by atoms with Crippen molar-refractivity contribution in [3.8, 4) is 5.75 Å². The molecule has 5 aliphatic rings. The topological polar surface area (TPSA) is 419 Å². The first-order valence-electron chi connectivity index (χ1n) is 47.9. The maximum atomic E-state index is 12.0. The number of fused-ring (bicyclic) bond motifs is 7. The van der Waals surface area contributed by atoms with E-state index >= 15 is 0 Å². The zero-order chi connectivity index (χ0) is 98.3. The summed E-state index contributed by atoms with van der Waals surface area (Å²) in [7, 11) is 3.31. The summed E-state index contributed by atoms with van der Waals surface area (Å²) in [4.78, 5) is 154. The van der Waals surface area contributed by atoms with Gasteiger partial charge in [0.25, 0.3) is 33.4 Å². The number of H-pyrrole nitrogens is 6. The van der Waals surface area contributed by atoms with Crippen molar-refractivity contribution in [1.82, 2.24) is 121 Å². The van der Waals surface area contributed by atoms with Gasteiger partial charge in [-0.2, -0.15) is 0 Å². The van der Waals surface area contributed by atoms with E-state index in [0.29, 0.717) is 64.6 Å². The molecule has 138 heavy (non-hydrogen) atoms. The molecule has 736 valence electrons. The molecule has 0 unspecified atom stereocenters. The highest BCUT2D eigenvalue weighted by molar-refractivity contribution is 6.34. The van der Waals surface area contributed by atoms with Crippen LogP contribution >= 0.6 is 11.6 Å². The van der Waals surface area contributed by atoms with Gasteiger partial charge in [-0.15, -0.1) is 0 Å². The Balaban J connectivity index is 0.000000129. The van der Waals surface area contributed by atoms with Gasteiger partial charge in [0.05, 0.1) is 116 Å². The molecule has 2 amide bonds. The third-order valence-electron chi connectivity index (χ3n) is 28.4. The number of morpholine rings is 2. The molecule has 37 nitrogen and oxygen atoms in total. The van der Waals surface area contributed by atoms with Crippen LogP contribution in [0, 0.1) is 103 Å². The lowest BCUT2D eigenvalue weighted by molar-refractivity contribution is -0.128. The lowest BCUT2D eigenvalue weighted by Crippen LogP contribution is -2.38. The van der Waals surface area contributed by atoms with E-state index in [1.165, 1.54) is 87.8 Å². The van der Waals surface area contributed by atoms with Crippen LogP contribution in [0.4, 0.5) is 0 Å². The number of aromatic amines is 6. The smallest absolute Gasteiger partial charge is 0.260 e. The van der Waals surface area contributed by atoms with Crippen molar-refractivity contribution in [1.29, 1.82) is 0 Å². The molecule has 0 bridgehead atoms. The number of methoxy groups -OCH3 is 2. The van der Waals surface area contributed by atoms with Crippen LogP contribution in [0.2, 0.25) is 5.15 Å². The number of nitrogens with zero attached hydrogens (tertiary/aromatic N) is 19. The minimum atomic E-state index is -0.0926. The van der Waals surface area contributed by atoms with Crippen LogP contribution in [-0.4, -0.2) is 246 Å². The highest BCUT2D eigenvalue weighted by atomic mass is 35.5. The van der Waals surface area contributed by atoms with Gasteiger partial charge in [0.2, 0.25) is 11.8 Å². The van der Waals surface area contributed by atoms with Gasteiger partial charge in [-0.3, -0.25) is 48.2 Å². The average Bonchev–Trinajstić information content (AvgIpc) is 1.68. The Morgan fingerprint density at radius 1 is 0.362 bits per heavy atom. The number of carbonyl (C=O) groups excluding carboxylic acids is 2. The summed E-state index contributed by atoms with van der Waals surface area (Å²) in [6, 6.07) is 7.91. The number of hydrogen-bond acceptors (Lipinski definition) is 22. The van der Waals surface area contributed by atoms with E-state index in [-0.39, 0.29) is 45.2 Å². The Bertz CT molecular complexity index is 7120. The van der Waals surface area contributed by atoms with E-state index in [1.54, 1.807) is 14.2 Å². The van der Waals surface area contributed by atoms with Gasteiger partial charge in [0.1, 0.15) is 56.8 Å². The number of amides is 2. The molecule has 1 aliphatic carbocycles. The Morgan fingerprint density at radius 2 is 0.696 bits per heavy atom. The van der Waals surface area contributed by atoms with E-state index in [1.807, 2.05) is 108 Å². The Kier molecular flexibility index (Phi) is 33.8. The number of halogens is 1. The standard InChI is InChI=1S/C16H17N3O2.C15H19ClN4O.C15H20N4O2.C15H21N3O.2C14H20N4O2.C11H15N3O2/c1-10-11(2)19(15-14(10)16(20)18-9-17-15)8-12-5-4-6-13(7-12)21-3;1-10-11(2)20(15-13(10)14(16)17-9-18-15)8-4-7-19-6-3-5-12(19)21;1-10-11(2)19(14-13(10)15(21)17-9-16-14)8-4-7-18-6-3-5-12(18)20;1-10-11(2)18(8-12-6-4-3-5-7-12)14-13(10)15(19)17-9-16-14;2*1-10-11(2)18(4-3-17-5-7-20-8-6-17)13-12(10)14(19)16-9-15-13;1-7-8(2)14(4-5-16-3)10-9(7)11(15)13-6-12-10/h4-7,9H,8H2,1-3H3,(H,17,18,20);9H,3-8H2,1-2H3;9H,3-8H2,1-2H3,(H,16,17,21);9,12H,3-8H2,1-2H3,(H,16,17,19);2*9H,3-8H2,1-2H3,(H,15,16,19);6H,4-5H2,1-3H3,(H,12,13,15). The molecule has 4 aliphatic heterocycles. The Morgan fingerprint density at radius 3 is 1.06 bits per heavy atom. The summed E-state index contributed by atoms with van der Waals surface area (Å²) < 4.78 is 35.9. The monoisotopic (exact) mass is 1910 g/mol. The maximum absolute atomic E-state index is 12.0. The molecule has 1 aromatic carbocycles. The maximum Gasteiger partial charge on any atom is 0.260 e. The van der Waals surface area contributed by atoms with Crippen molar-refractivity contribution in [3.63, 3.8) is 0 Å². The van der Waals surface area contributed by atoms with Gasteiger partial charge in [-0.1, -0.05) is 43.0 Å². The van der Waals surface area contributed by atoms with E-state index < -0.39 is 0 Å². The summed E-state index contributed by atoms with van der Waals surface area (Å²) in [5.41, 5.74) is 21.2. The molecule has 0 spiro atoms. The van der Waals surface area contributed by atoms with Gasteiger partial charge in [-0.25, -0.2) is 39.9 Å². The van der Waals surface area contributed by atoms with Crippen LogP contribution in [0.1, 0.15) is 155 Å². The largest absolute Gasteiger partial charge is 0.497 e. The average molecular weight is 1910 g/mol. The zero-order valence-corrected chi connectivity index (χ0v) is 83.3. The molecule has 5 fully saturated rings. The summed E-state index contributed by atoms with van der Waals surface area (Å²) in [5, 5.41) is 5.65. The van der Waals surface area contributed by atoms with Crippen LogP contribution in [-0.2, 0) is 69.6 Å². The van der Waals surface area contributed by atoms with Crippen LogP contribution in [0.5, 0.6) is 5.75 Å². The third kappa shape index (κ3) is 22.3. The third-order valence-corrected chi connectivity index (χ3v) is 28.7. The first-order valence-corrected chi connectivity index (χ1v) is 48.3. The van der Waals surface area contributed by atoms with Crippen molar-refractivity contribution in [2.24, 2.45) is 5.92 Å².